The van der Waals surface area contributed by atoms with Gasteiger partial charge in [0, 0.05) is 17.1 Å². The molecule has 86 valence electrons. The van der Waals surface area contributed by atoms with E-state index < -0.39 is 6.04 Å². The van der Waals surface area contributed by atoms with Crippen molar-refractivity contribution in [3.63, 3.8) is 0 Å². The van der Waals surface area contributed by atoms with Gasteiger partial charge in [0.05, 0.1) is 12.7 Å². The van der Waals surface area contributed by atoms with Gasteiger partial charge in [-0.2, -0.15) is 5.26 Å². The molecule has 1 aromatic carbocycles. The van der Waals surface area contributed by atoms with E-state index in [2.05, 4.69) is 6.07 Å². The van der Waals surface area contributed by atoms with E-state index in [4.69, 9.17) is 22.0 Å². The van der Waals surface area contributed by atoms with Gasteiger partial charge >= 0.3 is 0 Å². The predicted octanol–water partition coefficient (Wildman–Crippen LogP) is 1.53. The number of benzene rings is 1. The second kappa shape index (κ2) is 5.71. The third-order valence-corrected chi connectivity index (χ3v) is 2.54. The van der Waals surface area contributed by atoms with Gasteiger partial charge in [0.15, 0.2) is 0 Å². The van der Waals surface area contributed by atoms with Gasteiger partial charge in [-0.1, -0.05) is 11.6 Å². The maximum atomic E-state index is 9.65. The molecule has 0 spiro atoms. The van der Waals surface area contributed by atoms with E-state index in [9.17, 15) is 5.11 Å². The number of halogens is 1. The Bertz CT molecular complexity index is 403. The van der Waals surface area contributed by atoms with Crippen LogP contribution in [0.15, 0.2) is 18.2 Å². The second-order valence-electron chi connectivity index (χ2n) is 3.44. The molecule has 0 saturated carbocycles. The van der Waals surface area contributed by atoms with E-state index in [1.54, 1.807) is 24.1 Å². The summed E-state index contributed by atoms with van der Waals surface area (Å²) < 4.78 is 0. The fraction of sp³-hybridized carbons (Fsp3) is 0.364. The third kappa shape index (κ3) is 2.86. The van der Waals surface area contributed by atoms with Crippen LogP contribution in [-0.4, -0.2) is 35.3 Å². The zero-order chi connectivity index (χ0) is 12.1. The van der Waals surface area contributed by atoms with E-state index in [1.165, 1.54) is 6.07 Å². The van der Waals surface area contributed by atoms with Crippen LogP contribution in [-0.2, 0) is 0 Å². The first-order chi connectivity index (χ1) is 7.60. The largest absolute Gasteiger partial charge is 0.508 e. The molecule has 4 nitrogen and oxygen atoms in total. The molecular weight excluding hydrogens is 228 g/mol. The summed E-state index contributed by atoms with van der Waals surface area (Å²) in [6.07, 6.45) is 0. The lowest BCUT2D eigenvalue weighted by molar-refractivity contribution is 0.201. The molecule has 0 aliphatic heterocycles. The lowest BCUT2D eigenvalue weighted by Gasteiger charge is -2.22. The van der Waals surface area contributed by atoms with Crippen molar-refractivity contribution in [2.24, 2.45) is 0 Å². The number of nitriles is 1. The molecule has 1 aromatic rings. The first kappa shape index (κ1) is 12.8. The maximum absolute atomic E-state index is 9.65. The van der Waals surface area contributed by atoms with Crippen LogP contribution in [0.3, 0.4) is 0 Å². The Morgan fingerprint density at radius 3 is 2.81 bits per heavy atom. The standard InChI is InChI=1S/C11H13ClN2O2/c1-14(4-5-15)10(7-13)9-6-8(12)2-3-11(9)16/h2-3,6,10,15-16H,4-5H2,1H3. The van der Waals surface area contributed by atoms with E-state index in [0.29, 0.717) is 17.1 Å². The van der Waals surface area contributed by atoms with E-state index in [-0.39, 0.29) is 12.4 Å². The molecule has 0 bridgehead atoms. The summed E-state index contributed by atoms with van der Waals surface area (Å²) in [5.41, 5.74) is 0.450. The highest BCUT2D eigenvalue weighted by Crippen LogP contribution is 2.29. The fourth-order valence-corrected chi connectivity index (χ4v) is 1.62. The van der Waals surface area contributed by atoms with Crippen LogP contribution >= 0.6 is 11.6 Å². The minimum absolute atomic E-state index is 0.0285. The molecule has 5 heteroatoms. The predicted molar refractivity (Wildman–Crippen MR) is 61.2 cm³/mol. The molecule has 2 N–H and O–H groups in total. The van der Waals surface area contributed by atoms with Crippen LogP contribution in [0.25, 0.3) is 0 Å². The SMILES string of the molecule is CN(CCO)C(C#N)c1cc(Cl)ccc1O. The van der Waals surface area contributed by atoms with Gasteiger partial charge in [0.2, 0.25) is 0 Å². The highest BCUT2D eigenvalue weighted by Gasteiger charge is 2.19. The molecule has 0 amide bonds. The highest BCUT2D eigenvalue weighted by molar-refractivity contribution is 6.30. The number of hydrogen-bond donors (Lipinski definition) is 2. The van der Waals surface area contributed by atoms with Crippen molar-refractivity contribution >= 4 is 11.6 Å². The van der Waals surface area contributed by atoms with Crippen molar-refractivity contribution in [1.29, 1.82) is 5.26 Å². The van der Waals surface area contributed by atoms with Crippen molar-refractivity contribution in [1.82, 2.24) is 4.90 Å². The molecule has 0 aliphatic carbocycles. The summed E-state index contributed by atoms with van der Waals surface area (Å²) in [6.45, 7) is 0.306. The Kier molecular flexibility index (Phi) is 4.56. The quantitative estimate of drug-likeness (QED) is 0.838. The molecule has 0 radical (unpaired) electrons. The summed E-state index contributed by atoms with van der Waals surface area (Å²) in [5, 5.41) is 28.0. The van der Waals surface area contributed by atoms with Gasteiger partial charge in [-0.3, -0.25) is 4.90 Å². The van der Waals surface area contributed by atoms with E-state index in [0.717, 1.165) is 0 Å². The summed E-state index contributed by atoms with van der Waals surface area (Å²) in [5.74, 6) is 0.0285. The number of likely N-dealkylation sites (N-methyl/N-ethyl adjacent to an activating group) is 1. The third-order valence-electron chi connectivity index (χ3n) is 2.30. The van der Waals surface area contributed by atoms with Gasteiger partial charge < -0.3 is 10.2 Å². The fourth-order valence-electron chi connectivity index (χ4n) is 1.44. The minimum atomic E-state index is -0.620. The van der Waals surface area contributed by atoms with Gasteiger partial charge in [-0.05, 0) is 25.2 Å². The Morgan fingerprint density at radius 2 is 2.25 bits per heavy atom. The first-order valence-corrected chi connectivity index (χ1v) is 5.17. The van der Waals surface area contributed by atoms with Crippen LogP contribution in [0.1, 0.15) is 11.6 Å². The smallest absolute Gasteiger partial charge is 0.127 e. The molecule has 0 aromatic heterocycles. The summed E-state index contributed by atoms with van der Waals surface area (Å²) >= 11 is 5.81. The Hall–Kier alpha value is -1.28. The zero-order valence-corrected chi connectivity index (χ0v) is 9.65. The number of phenolic OH excluding ortho intramolecular Hbond substituents is 1. The summed E-state index contributed by atoms with van der Waals surface area (Å²) in [4.78, 5) is 1.64. The van der Waals surface area contributed by atoms with Crippen molar-refractivity contribution in [3.8, 4) is 11.8 Å². The lowest BCUT2D eigenvalue weighted by atomic mass is 10.1. The minimum Gasteiger partial charge on any atom is -0.508 e. The van der Waals surface area contributed by atoms with Crippen molar-refractivity contribution in [2.45, 2.75) is 6.04 Å². The van der Waals surface area contributed by atoms with Crippen molar-refractivity contribution in [3.05, 3.63) is 28.8 Å². The lowest BCUT2D eigenvalue weighted by Crippen LogP contribution is -2.26. The molecular formula is C11H13ClN2O2. The molecule has 1 unspecified atom stereocenters. The molecule has 0 heterocycles. The topological polar surface area (TPSA) is 67.5 Å². The van der Waals surface area contributed by atoms with Crippen molar-refractivity contribution in [2.75, 3.05) is 20.2 Å². The van der Waals surface area contributed by atoms with E-state index >= 15 is 0 Å². The Morgan fingerprint density at radius 1 is 1.56 bits per heavy atom. The molecule has 0 saturated heterocycles. The normalized spacial score (nSPS) is 12.4. The van der Waals surface area contributed by atoms with Crippen LogP contribution in [0, 0.1) is 11.3 Å². The number of aromatic hydroxyl groups is 1. The molecule has 0 fully saturated rings. The summed E-state index contributed by atoms with van der Waals surface area (Å²) in [7, 11) is 1.70. The van der Waals surface area contributed by atoms with Gasteiger partial charge in [-0.15, -0.1) is 0 Å². The van der Waals surface area contributed by atoms with Gasteiger partial charge in [0.1, 0.15) is 11.8 Å². The van der Waals surface area contributed by atoms with Gasteiger partial charge in [0.25, 0.3) is 0 Å². The molecule has 16 heavy (non-hydrogen) atoms. The number of hydrogen-bond acceptors (Lipinski definition) is 4. The number of aliphatic hydroxyl groups is 1. The van der Waals surface area contributed by atoms with Crippen molar-refractivity contribution < 1.29 is 10.2 Å². The number of aliphatic hydroxyl groups excluding tert-OH is 1. The van der Waals surface area contributed by atoms with Crippen LogP contribution in [0.4, 0.5) is 0 Å². The number of nitrogens with zero attached hydrogens (tertiary/aromatic N) is 2. The first-order valence-electron chi connectivity index (χ1n) is 4.79. The maximum Gasteiger partial charge on any atom is 0.127 e. The average molecular weight is 241 g/mol. The van der Waals surface area contributed by atoms with E-state index in [1.807, 2.05) is 0 Å². The number of rotatable bonds is 4. The van der Waals surface area contributed by atoms with Crippen LogP contribution in [0.2, 0.25) is 5.02 Å². The zero-order valence-electron chi connectivity index (χ0n) is 8.89. The second-order valence-corrected chi connectivity index (χ2v) is 3.88. The van der Waals surface area contributed by atoms with Gasteiger partial charge in [-0.25, -0.2) is 0 Å². The number of phenols is 1. The monoisotopic (exact) mass is 240 g/mol. The summed E-state index contributed by atoms with van der Waals surface area (Å²) in [6, 6.07) is 6.01. The average Bonchev–Trinajstić information content (AvgIpc) is 2.24. The van der Waals surface area contributed by atoms with Crippen LogP contribution < -0.4 is 0 Å². The Balaban J connectivity index is 3.04. The highest BCUT2D eigenvalue weighted by atomic mass is 35.5. The Labute approximate surface area is 99.3 Å². The molecule has 0 aliphatic rings. The molecule has 1 rings (SSSR count). The van der Waals surface area contributed by atoms with Crippen LogP contribution in [0.5, 0.6) is 5.75 Å². The molecule has 1 atom stereocenters.